The Labute approximate surface area is 154 Å². The molecule has 6 nitrogen and oxygen atoms in total. The number of nitrogens with one attached hydrogen (secondary N) is 1. The fraction of sp³-hybridized carbons (Fsp3) is 0.588. The highest BCUT2D eigenvalue weighted by Crippen LogP contribution is 2.36. The van der Waals surface area contributed by atoms with E-state index in [0.29, 0.717) is 12.2 Å². The summed E-state index contributed by atoms with van der Waals surface area (Å²) >= 11 is 6.03. The van der Waals surface area contributed by atoms with E-state index in [9.17, 15) is 13.2 Å². The molecule has 1 saturated heterocycles. The summed E-state index contributed by atoms with van der Waals surface area (Å²) in [6.07, 6.45) is 2.74. The van der Waals surface area contributed by atoms with Gasteiger partial charge in [-0.3, -0.25) is 4.79 Å². The van der Waals surface area contributed by atoms with E-state index < -0.39 is 21.0 Å². The molecule has 0 bridgehead atoms. The van der Waals surface area contributed by atoms with Crippen molar-refractivity contribution in [2.45, 2.75) is 42.8 Å². The molecular weight excluding hydrogens is 364 g/mol. The van der Waals surface area contributed by atoms with Crippen LogP contribution in [0.15, 0.2) is 23.1 Å². The molecular formula is C17H25ClN2O4S. The van der Waals surface area contributed by atoms with Crippen LogP contribution in [0.3, 0.4) is 0 Å². The Balaban J connectivity index is 2.23. The first-order chi connectivity index (χ1) is 11.7. The van der Waals surface area contributed by atoms with Crippen LogP contribution in [0, 0.1) is 5.41 Å². The highest BCUT2D eigenvalue weighted by atomic mass is 35.5. The summed E-state index contributed by atoms with van der Waals surface area (Å²) in [5.74, 6) is -0.456. The van der Waals surface area contributed by atoms with Gasteiger partial charge in [-0.25, -0.2) is 8.42 Å². The van der Waals surface area contributed by atoms with Gasteiger partial charge in [0.1, 0.15) is 11.0 Å². The van der Waals surface area contributed by atoms with Crippen LogP contribution in [0.4, 0.5) is 0 Å². The molecule has 1 aliphatic heterocycles. The maximum Gasteiger partial charge on any atom is 0.236 e. The van der Waals surface area contributed by atoms with Crippen molar-refractivity contribution < 1.29 is 17.9 Å². The number of carbonyl (C=O) groups excluding carboxylic acids is 1. The lowest BCUT2D eigenvalue weighted by Crippen LogP contribution is -2.39. The summed E-state index contributed by atoms with van der Waals surface area (Å²) < 4.78 is 30.8. The van der Waals surface area contributed by atoms with Gasteiger partial charge < -0.3 is 15.8 Å². The predicted octanol–water partition coefficient (Wildman–Crippen LogP) is 2.15. The van der Waals surface area contributed by atoms with Crippen LogP contribution in [0.2, 0.25) is 5.02 Å². The summed E-state index contributed by atoms with van der Waals surface area (Å²) in [7, 11) is -2.46. The number of sulfone groups is 1. The number of primary amides is 1. The lowest BCUT2D eigenvalue weighted by molar-refractivity contribution is -0.117. The summed E-state index contributed by atoms with van der Waals surface area (Å²) in [6, 6.07) is 4.17. The first kappa shape index (κ1) is 20.0. The topological polar surface area (TPSA) is 98.5 Å². The molecule has 1 fully saturated rings. The Bertz CT molecular complexity index is 730. The zero-order chi connectivity index (χ0) is 18.7. The number of methoxy groups -OCH3 is 1. The second kappa shape index (κ2) is 7.93. The zero-order valence-corrected chi connectivity index (χ0v) is 16.1. The lowest BCUT2D eigenvalue weighted by atomic mass is 9.77. The Hall–Kier alpha value is -1.31. The third-order valence-electron chi connectivity index (χ3n) is 4.96. The summed E-state index contributed by atoms with van der Waals surface area (Å²) in [6.45, 7) is 3.93. The second-order valence-electron chi connectivity index (χ2n) is 6.83. The lowest BCUT2D eigenvalue weighted by Gasteiger charge is -2.34. The Morgan fingerprint density at radius 3 is 2.56 bits per heavy atom. The molecule has 3 N–H and O–H groups in total. The molecule has 0 saturated carbocycles. The Morgan fingerprint density at radius 2 is 2.04 bits per heavy atom. The third-order valence-corrected chi connectivity index (χ3v) is 7.39. The van der Waals surface area contributed by atoms with Crippen molar-refractivity contribution in [3.63, 3.8) is 0 Å². The van der Waals surface area contributed by atoms with Crippen LogP contribution in [0.5, 0.6) is 5.75 Å². The van der Waals surface area contributed by atoms with Crippen LogP contribution in [-0.4, -0.2) is 39.8 Å². The molecule has 2 rings (SSSR count). The van der Waals surface area contributed by atoms with Crippen LogP contribution in [-0.2, 0) is 14.6 Å². The smallest absolute Gasteiger partial charge is 0.236 e. The number of carbonyl (C=O) groups is 1. The summed E-state index contributed by atoms with van der Waals surface area (Å²) in [5, 5.41) is 2.20. The maximum atomic E-state index is 12.9. The molecule has 1 aromatic rings. The normalized spacial score (nSPS) is 18.5. The maximum absolute atomic E-state index is 12.9. The minimum Gasteiger partial charge on any atom is -0.495 e. The highest BCUT2D eigenvalue weighted by molar-refractivity contribution is 7.92. The fourth-order valence-electron chi connectivity index (χ4n) is 3.20. The van der Waals surface area contributed by atoms with Crippen LogP contribution < -0.4 is 15.8 Å². The van der Waals surface area contributed by atoms with E-state index in [1.807, 2.05) is 0 Å². The van der Waals surface area contributed by atoms with Crippen LogP contribution in [0.25, 0.3) is 0 Å². The molecule has 1 aromatic carbocycles. The number of hydrogen-bond donors (Lipinski definition) is 2. The fourth-order valence-corrected chi connectivity index (χ4v) is 5.12. The van der Waals surface area contributed by atoms with Gasteiger partial charge in [0, 0.05) is 0 Å². The number of benzene rings is 1. The number of rotatable bonds is 7. The molecule has 1 aliphatic rings. The van der Waals surface area contributed by atoms with Gasteiger partial charge in [0.25, 0.3) is 0 Å². The van der Waals surface area contributed by atoms with E-state index in [1.165, 1.54) is 25.3 Å². The van der Waals surface area contributed by atoms with Gasteiger partial charge in [-0.1, -0.05) is 18.5 Å². The minimum atomic E-state index is -3.91. The molecule has 0 aliphatic carbocycles. The Morgan fingerprint density at radius 1 is 1.40 bits per heavy atom. The van der Waals surface area contributed by atoms with E-state index in [0.717, 1.165) is 25.9 Å². The van der Waals surface area contributed by atoms with Gasteiger partial charge in [-0.15, -0.1) is 0 Å². The van der Waals surface area contributed by atoms with Crippen LogP contribution in [0.1, 0.15) is 32.6 Å². The molecule has 1 unspecified atom stereocenters. The highest BCUT2D eigenvalue weighted by Gasteiger charge is 2.36. The van der Waals surface area contributed by atoms with E-state index in [1.54, 1.807) is 0 Å². The number of hydrogen-bond acceptors (Lipinski definition) is 5. The molecule has 0 radical (unpaired) electrons. The van der Waals surface area contributed by atoms with Gasteiger partial charge in [0.2, 0.25) is 5.91 Å². The van der Waals surface area contributed by atoms with Crippen molar-refractivity contribution in [2.24, 2.45) is 11.1 Å². The van der Waals surface area contributed by atoms with Crippen molar-refractivity contribution in [3.8, 4) is 5.75 Å². The van der Waals surface area contributed by atoms with Gasteiger partial charge in [-0.2, -0.15) is 0 Å². The number of piperidine rings is 1. The summed E-state index contributed by atoms with van der Waals surface area (Å²) in [5.41, 5.74) is 5.44. The molecule has 0 aromatic heterocycles. The van der Waals surface area contributed by atoms with E-state index in [2.05, 4.69) is 12.2 Å². The van der Waals surface area contributed by atoms with Crippen molar-refractivity contribution in [1.29, 1.82) is 0 Å². The monoisotopic (exact) mass is 388 g/mol. The molecule has 1 amide bonds. The van der Waals surface area contributed by atoms with Crippen molar-refractivity contribution in [3.05, 3.63) is 23.2 Å². The van der Waals surface area contributed by atoms with E-state index in [-0.39, 0.29) is 21.8 Å². The van der Waals surface area contributed by atoms with Gasteiger partial charge in [-0.05, 0) is 62.4 Å². The number of halogens is 1. The van der Waals surface area contributed by atoms with Gasteiger partial charge in [0.05, 0.1) is 17.0 Å². The van der Waals surface area contributed by atoms with E-state index >= 15 is 0 Å². The van der Waals surface area contributed by atoms with Crippen LogP contribution >= 0.6 is 11.6 Å². The van der Waals surface area contributed by atoms with Crippen molar-refractivity contribution >= 4 is 27.3 Å². The quantitative estimate of drug-likeness (QED) is 0.745. The average molecular weight is 389 g/mol. The predicted molar refractivity (Wildman–Crippen MR) is 97.6 cm³/mol. The average Bonchev–Trinajstić information content (AvgIpc) is 2.54. The SMILES string of the molecule is COc1ccc(S(=O)(=O)C(CCC2(C)CCNCC2)C(N)=O)cc1Cl. The molecule has 140 valence electrons. The number of nitrogens with two attached hydrogens (primary N) is 1. The largest absolute Gasteiger partial charge is 0.495 e. The molecule has 0 spiro atoms. The molecule has 1 atom stereocenters. The summed E-state index contributed by atoms with van der Waals surface area (Å²) in [4.78, 5) is 11.9. The van der Waals surface area contributed by atoms with Crippen molar-refractivity contribution in [1.82, 2.24) is 5.32 Å². The van der Waals surface area contributed by atoms with Gasteiger partial charge >= 0.3 is 0 Å². The Kier molecular flexibility index (Phi) is 6.35. The first-order valence-corrected chi connectivity index (χ1v) is 10.2. The first-order valence-electron chi connectivity index (χ1n) is 8.27. The van der Waals surface area contributed by atoms with E-state index in [4.69, 9.17) is 22.1 Å². The van der Waals surface area contributed by atoms with Crippen molar-refractivity contribution in [2.75, 3.05) is 20.2 Å². The third kappa shape index (κ3) is 4.65. The standard InChI is InChI=1S/C17H25ClN2O4S/c1-17(7-9-20-10-8-17)6-5-15(16(19)21)25(22,23)12-3-4-14(24-2)13(18)11-12/h3-4,11,15,20H,5-10H2,1-2H3,(H2,19,21). The zero-order valence-electron chi connectivity index (χ0n) is 14.5. The second-order valence-corrected chi connectivity index (χ2v) is 9.37. The molecule has 25 heavy (non-hydrogen) atoms. The number of ether oxygens (including phenoxy) is 1. The van der Waals surface area contributed by atoms with Gasteiger partial charge in [0.15, 0.2) is 9.84 Å². The number of amides is 1. The molecule has 1 heterocycles. The molecule has 8 heteroatoms. The minimum absolute atomic E-state index is 0.0161.